The number of hydrogen-bond acceptors (Lipinski definition) is 3. The Balaban J connectivity index is 1.96. The molecule has 1 heterocycles. The van der Waals surface area contributed by atoms with E-state index in [4.69, 9.17) is 4.74 Å². The van der Waals surface area contributed by atoms with Crippen molar-refractivity contribution < 1.29 is 4.74 Å². The lowest BCUT2D eigenvalue weighted by Crippen LogP contribution is -2.13. The molecule has 20 heavy (non-hydrogen) atoms. The molecule has 0 amide bonds. The highest BCUT2D eigenvalue weighted by Gasteiger charge is 2.16. The van der Waals surface area contributed by atoms with Crippen LogP contribution in [0, 0.1) is 18.8 Å². The normalized spacial score (nSPS) is 17.9. The maximum Gasteiger partial charge on any atom is 0.216 e. The fourth-order valence-electron chi connectivity index (χ4n) is 2.76. The fraction of sp³-hybridized carbons (Fsp3) is 0.765. The van der Waals surface area contributed by atoms with Crippen LogP contribution in [0.5, 0.6) is 5.88 Å². The molecule has 0 radical (unpaired) electrons. The van der Waals surface area contributed by atoms with E-state index >= 15 is 0 Å². The molecule has 1 atom stereocenters. The lowest BCUT2D eigenvalue weighted by Gasteiger charge is -2.21. The smallest absolute Gasteiger partial charge is 0.216 e. The minimum absolute atomic E-state index is 0.576. The molecule has 1 saturated carbocycles. The predicted molar refractivity (Wildman–Crippen MR) is 82.0 cm³/mol. The third-order valence-corrected chi connectivity index (χ3v) is 4.29. The highest BCUT2D eigenvalue weighted by Crippen LogP contribution is 2.26. The summed E-state index contributed by atoms with van der Waals surface area (Å²) in [7, 11) is 0. The van der Waals surface area contributed by atoms with E-state index in [9.17, 15) is 0 Å². The molecule has 3 heteroatoms. The molecule has 112 valence electrons. The lowest BCUT2D eigenvalue weighted by atomic mass is 9.87. The summed E-state index contributed by atoms with van der Waals surface area (Å²) >= 11 is 0. The molecular weight excluding hydrogens is 248 g/mol. The predicted octanol–water partition coefficient (Wildman–Crippen LogP) is 4.33. The van der Waals surface area contributed by atoms with E-state index in [1.54, 1.807) is 0 Å². The lowest BCUT2D eigenvalue weighted by molar-refractivity contribution is 0.245. The van der Waals surface area contributed by atoms with Gasteiger partial charge in [-0.1, -0.05) is 52.4 Å². The van der Waals surface area contributed by atoms with Gasteiger partial charge in [0.2, 0.25) is 5.88 Å². The quantitative estimate of drug-likeness (QED) is 0.775. The van der Waals surface area contributed by atoms with Crippen molar-refractivity contribution >= 4 is 0 Å². The second kappa shape index (κ2) is 7.61. The van der Waals surface area contributed by atoms with Gasteiger partial charge in [0.05, 0.1) is 6.61 Å². The maximum atomic E-state index is 5.82. The second-order valence-electron chi connectivity index (χ2n) is 6.30. The van der Waals surface area contributed by atoms with Crippen molar-refractivity contribution in [2.45, 2.75) is 65.7 Å². The summed E-state index contributed by atoms with van der Waals surface area (Å²) < 4.78 is 5.82. The molecule has 0 N–H and O–H groups in total. The van der Waals surface area contributed by atoms with Gasteiger partial charge in [-0.15, -0.1) is 0 Å². The van der Waals surface area contributed by atoms with E-state index in [0.29, 0.717) is 5.92 Å². The largest absolute Gasteiger partial charge is 0.477 e. The summed E-state index contributed by atoms with van der Waals surface area (Å²) in [6.45, 7) is 7.17. The minimum atomic E-state index is 0.576. The molecule has 1 aromatic rings. The van der Waals surface area contributed by atoms with Gasteiger partial charge in [-0.05, 0) is 18.8 Å². The first-order chi connectivity index (χ1) is 9.67. The standard InChI is InChI=1S/C17H28N2O/c1-4-13(2)12-20-17-10-14(3)18-16(19-17)11-15-8-6-5-7-9-15/h10,13,15H,4-9,11-12H2,1-3H3. The van der Waals surface area contributed by atoms with Crippen LogP contribution >= 0.6 is 0 Å². The van der Waals surface area contributed by atoms with Gasteiger partial charge < -0.3 is 4.74 Å². The van der Waals surface area contributed by atoms with Crippen LogP contribution in [0.2, 0.25) is 0 Å². The molecule has 1 aromatic heterocycles. The van der Waals surface area contributed by atoms with Crippen molar-refractivity contribution in [1.82, 2.24) is 9.97 Å². The summed E-state index contributed by atoms with van der Waals surface area (Å²) in [6.07, 6.45) is 8.96. The first kappa shape index (κ1) is 15.3. The van der Waals surface area contributed by atoms with E-state index < -0.39 is 0 Å². The van der Waals surface area contributed by atoms with Crippen LogP contribution in [0.4, 0.5) is 0 Å². The summed E-state index contributed by atoms with van der Waals surface area (Å²) in [4.78, 5) is 9.18. The summed E-state index contributed by atoms with van der Waals surface area (Å²) in [5.74, 6) is 3.07. The zero-order chi connectivity index (χ0) is 14.4. The van der Waals surface area contributed by atoms with Crippen molar-refractivity contribution in [3.05, 3.63) is 17.6 Å². The molecule has 0 aromatic carbocycles. The monoisotopic (exact) mass is 276 g/mol. The van der Waals surface area contributed by atoms with Gasteiger partial charge in [0.15, 0.2) is 0 Å². The summed E-state index contributed by atoms with van der Waals surface area (Å²) in [6, 6.07) is 1.95. The fourth-order valence-corrected chi connectivity index (χ4v) is 2.76. The van der Waals surface area contributed by atoms with Crippen LogP contribution in [0.1, 0.15) is 63.9 Å². The Morgan fingerprint density at radius 3 is 2.70 bits per heavy atom. The molecule has 0 bridgehead atoms. The minimum Gasteiger partial charge on any atom is -0.477 e. The van der Waals surface area contributed by atoms with Gasteiger partial charge in [0.1, 0.15) is 5.82 Å². The number of nitrogens with zero attached hydrogens (tertiary/aromatic N) is 2. The Kier molecular flexibility index (Phi) is 5.81. The van der Waals surface area contributed by atoms with Gasteiger partial charge in [-0.3, -0.25) is 0 Å². The Hall–Kier alpha value is -1.12. The first-order valence-electron chi connectivity index (χ1n) is 8.14. The number of rotatable bonds is 6. The third-order valence-electron chi connectivity index (χ3n) is 4.29. The van der Waals surface area contributed by atoms with Crippen LogP contribution in [-0.2, 0) is 6.42 Å². The number of aryl methyl sites for hydroxylation is 1. The number of ether oxygens (including phenoxy) is 1. The van der Waals surface area contributed by atoms with Gasteiger partial charge in [0, 0.05) is 18.2 Å². The number of aromatic nitrogens is 2. The van der Waals surface area contributed by atoms with E-state index in [0.717, 1.165) is 42.8 Å². The maximum absolute atomic E-state index is 5.82. The van der Waals surface area contributed by atoms with Gasteiger partial charge in [-0.2, -0.15) is 4.98 Å². The molecule has 0 saturated heterocycles. The van der Waals surface area contributed by atoms with Crippen LogP contribution in [0.25, 0.3) is 0 Å². The van der Waals surface area contributed by atoms with Crippen molar-refractivity contribution in [2.75, 3.05) is 6.61 Å². The Bertz CT molecular complexity index is 413. The van der Waals surface area contributed by atoms with E-state index in [1.165, 1.54) is 32.1 Å². The number of hydrogen-bond donors (Lipinski definition) is 0. The first-order valence-corrected chi connectivity index (χ1v) is 8.14. The van der Waals surface area contributed by atoms with E-state index in [1.807, 2.05) is 13.0 Å². The molecule has 2 rings (SSSR count). The average Bonchev–Trinajstić information content (AvgIpc) is 2.45. The Morgan fingerprint density at radius 2 is 2.00 bits per heavy atom. The Labute approximate surface area is 123 Å². The third kappa shape index (κ3) is 4.77. The van der Waals surface area contributed by atoms with E-state index in [-0.39, 0.29) is 0 Å². The second-order valence-corrected chi connectivity index (χ2v) is 6.30. The molecular formula is C17H28N2O. The molecule has 0 spiro atoms. The van der Waals surface area contributed by atoms with E-state index in [2.05, 4.69) is 23.8 Å². The average molecular weight is 276 g/mol. The molecule has 1 aliphatic rings. The molecule has 0 aliphatic heterocycles. The molecule has 3 nitrogen and oxygen atoms in total. The van der Waals surface area contributed by atoms with Crippen molar-refractivity contribution in [1.29, 1.82) is 0 Å². The van der Waals surface area contributed by atoms with Gasteiger partial charge in [-0.25, -0.2) is 4.98 Å². The van der Waals surface area contributed by atoms with Crippen LogP contribution in [0.3, 0.4) is 0 Å². The van der Waals surface area contributed by atoms with Crippen molar-refractivity contribution in [3.63, 3.8) is 0 Å². The highest BCUT2D eigenvalue weighted by atomic mass is 16.5. The Morgan fingerprint density at radius 1 is 1.25 bits per heavy atom. The topological polar surface area (TPSA) is 35.0 Å². The van der Waals surface area contributed by atoms with Gasteiger partial charge in [0.25, 0.3) is 0 Å². The molecule has 1 fully saturated rings. The SMILES string of the molecule is CCC(C)COc1cc(C)nc(CC2CCCCC2)n1. The van der Waals surface area contributed by atoms with Crippen LogP contribution in [0.15, 0.2) is 6.07 Å². The van der Waals surface area contributed by atoms with Crippen molar-refractivity contribution in [3.8, 4) is 5.88 Å². The summed E-state index contributed by atoms with van der Waals surface area (Å²) in [5.41, 5.74) is 1.02. The van der Waals surface area contributed by atoms with Crippen molar-refractivity contribution in [2.24, 2.45) is 11.8 Å². The van der Waals surface area contributed by atoms with Gasteiger partial charge >= 0.3 is 0 Å². The molecule has 1 aliphatic carbocycles. The van der Waals surface area contributed by atoms with Crippen LogP contribution in [-0.4, -0.2) is 16.6 Å². The zero-order valence-electron chi connectivity index (χ0n) is 13.2. The highest BCUT2D eigenvalue weighted by molar-refractivity contribution is 5.15. The zero-order valence-corrected chi connectivity index (χ0v) is 13.2. The van der Waals surface area contributed by atoms with Crippen LogP contribution < -0.4 is 4.74 Å². The molecule has 1 unspecified atom stereocenters. The summed E-state index contributed by atoms with van der Waals surface area (Å²) in [5, 5.41) is 0.